The lowest BCUT2D eigenvalue weighted by Gasteiger charge is -2.36. The maximum absolute atomic E-state index is 12.7. The van der Waals surface area contributed by atoms with Crippen LogP contribution in [0, 0.1) is 6.92 Å². The monoisotopic (exact) mass is 370 g/mol. The molecule has 2 amide bonds. The molecule has 1 saturated heterocycles. The average Bonchev–Trinajstić information content (AvgIpc) is 3.33. The molecule has 0 atom stereocenters. The molecule has 136 valence electrons. The Morgan fingerprint density at radius 2 is 1.96 bits per heavy atom. The van der Waals surface area contributed by atoms with Gasteiger partial charge in [-0.15, -0.1) is 11.3 Å². The molecule has 2 fully saturated rings. The second kappa shape index (κ2) is 7.07. The van der Waals surface area contributed by atoms with E-state index in [1.54, 1.807) is 5.38 Å². The Hall–Kier alpha value is -2.41. The lowest BCUT2D eigenvalue weighted by molar-refractivity contribution is 0.0741. The van der Waals surface area contributed by atoms with E-state index in [1.807, 2.05) is 4.90 Å². The van der Waals surface area contributed by atoms with Gasteiger partial charge in [-0.2, -0.15) is 0 Å². The van der Waals surface area contributed by atoms with E-state index in [1.165, 1.54) is 22.6 Å². The average molecular weight is 370 g/mol. The molecule has 2 heterocycles. The van der Waals surface area contributed by atoms with E-state index < -0.39 is 0 Å². The zero-order valence-corrected chi connectivity index (χ0v) is 15.6. The van der Waals surface area contributed by atoms with Gasteiger partial charge in [-0.3, -0.25) is 9.59 Å². The maximum atomic E-state index is 12.7. The van der Waals surface area contributed by atoms with E-state index in [9.17, 15) is 9.59 Å². The molecular formula is C19H22N4O2S. The maximum Gasteiger partial charge on any atom is 0.280 e. The highest BCUT2D eigenvalue weighted by Crippen LogP contribution is 2.21. The summed E-state index contributed by atoms with van der Waals surface area (Å²) in [6.07, 6.45) is 2.07. The molecule has 1 aliphatic carbocycles. The number of rotatable bonds is 4. The van der Waals surface area contributed by atoms with Crippen LogP contribution in [0.4, 0.5) is 5.69 Å². The van der Waals surface area contributed by atoms with Gasteiger partial charge in [-0.05, 0) is 37.5 Å². The Bertz CT molecular complexity index is 822. The van der Waals surface area contributed by atoms with Gasteiger partial charge >= 0.3 is 0 Å². The molecule has 0 spiro atoms. The fourth-order valence-corrected chi connectivity index (χ4v) is 3.80. The molecule has 7 heteroatoms. The predicted molar refractivity (Wildman–Crippen MR) is 102 cm³/mol. The summed E-state index contributed by atoms with van der Waals surface area (Å²) >= 11 is 1.24. The second-order valence-electron chi connectivity index (χ2n) is 6.90. The van der Waals surface area contributed by atoms with Gasteiger partial charge in [0.15, 0.2) is 5.01 Å². The Balaban J connectivity index is 1.36. The SMILES string of the molecule is Cc1cccc(N2CCN(C(=O)c3csc(C(=O)NC4CC4)n3)CC2)c1. The fraction of sp³-hybridized carbons (Fsp3) is 0.421. The number of benzene rings is 1. The number of carbonyl (C=O) groups is 2. The molecule has 4 rings (SSSR count). The molecule has 1 saturated carbocycles. The molecular weight excluding hydrogens is 348 g/mol. The van der Waals surface area contributed by atoms with Gasteiger partial charge in [0.1, 0.15) is 5.69 Å². The summed E-state index contributed by atoms with van der Waals surface area (Å²) in [4.78, 5) is 33.1. The van der Waals surface area contributed by atoms with E-state index in [0.29, 0.717) is 29.8 Å². The van der Waals surface area contributed by atoms with Crippen molar-refractivity contribution < 1.29 is 9.59 Å². The number of thiazole rings is 1. The van der Waals surface area contributed by atoms with Crippen LogP contribution in [-0.2, 0) is 0 Å². The van der Waals surface area contributed by atoms with Crippen molar-refractivity contribution in [1.82, 2.24) is 15.2 Å². The smallest absolute Gasteiger partial charge is 0.280 e. The highest BCUT2D eigenvalue weighted by Gasteiger charge is 2.27. The number of aromatic nitrogens is 1. The quantitative estimate of drug-likeness (QED) is 0.897. The molecule has 0 bridgehead atoms. The highest BCUT2D eigenvalue weighted by molar-refractivity contribution is 7.11. The molecule has 2 aliphatic rings. The minimum atomic E-state index is -0.166. The number of amides is 2. The van der Waals surface area contributed by atoms with Crippen LogP contribution in [0.5, 0.6) is 0 Å². The molecule has 0 unspecified atom stereocenters. The van der Waals surface area contributed by atoms with Crippen LogP contribution >= 0.6 is 11.3 Å². The van der Waals surface area contributed by atoms with Crippen molar-refractivity contribution in [2.75, 3.05) is 31.1 Å². The topological polar surface area (TPSA) is 65.5 Å². The Morgan fingerprint density at radius 1 is 1.19 bits per heavy atom. The molecule has 1 aromatic heterocycles. The summed E-state index contributed by atoms with van der Waals surface area (Å²) < 4.78 is 0. The molecule has 1 aliphatic heterocycles. The minimum Gasteiger partial charge on any atom is -0.368 e. The fourth-order valence-electron chi connectivity index (χ4n) is 3.11. The van der Waals surface area contributed by atoms with Gasteiger partial charge in [0.2, 0.25) is 0 Å². The van der Waals surface area contributed by atoms with Crippen molar-refractivity contribution in [2.24, 2.45) is 0 Å². The largest absolute Gasteiger partial charge is 0.368 e. The van der Waals surface area contributed by atoms with Crippen LogP contribution in [0.2, 0.25) is 0 Å². The summed E-state index contributed by atoms with van der Waals surface area (Å²) in [5, 5.41) is 4.97. The second-order valence-corrected chi connectivity index (χ2v) is 7.76. The van der Waals surface area contributed by atoms with Crippen LogP contribution in [0.25, 0.3) is 0 Å². The van der Waals surface area contributed by atoms with Crippen LogP contribution in [0.15, 0.2) is 29.6 Å². The molecule has 1 N–H and O–H groups in total. The number of hydrogen-bond donors (Lipinski definition) is 1. The van der Waals surface area contributed by atoms with Gasteiger partial charge < -0.3 is 15.1 Å². The van der Waals surface area contributed by atoms with E-state index >= 15 is 0 Å². The van der Waals surface area contributed by atoms with Crippen molar-refractivity contribution in [2.45, 2.75) is 25.8 Å². The summed E-state index contributed by atoms with van der Waals surface area (Å²) in [5.41, 5.74) is 2.81. The number of hydrogen-bond acceptors (Lipinski definition) is 5. The van der Waals surface area contributed by atoms with Crippen molar-refractivity contribution in [3.05, 3.63) is 45.9 Å². The van der Waals surface area contributed by atoms with Gasteiger partial charge in [0.25, 0.3) is 11.8 Å². The van der Waals surface area contributed by atoms with Crippen molar-refractivity contribution in [1.29, 1.82) is 0 Å². The number of anilines is 1. The molecule has 2 aromatic rings. The lowest BCUT2D eigenvalue weighted by atomic mass is 10.2. The van der Waals surface area contributed by atoms with Crippen LogP contribution in [0.1, 0.15) is 38.7 Å². The van der Waals surface area contributed by atoms with Gasteiger partial charge in [-0.25, -0.2) is 4.98 Å². The Kier molecular flexibility index (Phi) is 4.63. The van der Waals surface area contributed by atoms with E-state index in [0.717, 1.165) is 25.9 Å². The minimum absolute atomic E-state index is 0.0874. The van der Waals surface area contributed by atoms with Crippen molar-refractivity contribution >= 4 is 28.8 Å². The van der Waals surface area contributed by atoms with Crippen LogP contribution < -0.4 is 10.2 Å². The molecule has 0 radical (unpaired) electrons. The van der Waals surface area contributed by atoms with E-state index in [4.69, 9.17) is 0 Å². The number of aryl methyl sites for hydroxylation is 1. The lowest BCUT2D eigenvalue weighted by Crippen LogP contribution is -2.48. The van der Waals surface area contributed by atoms with Gasteiger partial charge in [0, 0.05) is 43.3 Å². The summed E-state index contributed by atoms with van der Waals surface area (Å²) in [5.74, 6) is -0.253. The standard InChI is InChI=1S/C19H22N4O2S/c1-13-3-2-4-15(11-13)22-7-9-23(10-8-22)19(25)16-12-26-18(21-16)17(24)20-14-5-6-14/h2-4,11-12,14H,5-10H2,1H3,(H,20,24). The number of piperazine rings is 1. The number of nitrogens with one attached hydrogen (secondary N) is 1. The third-order valence-corrected chi connectivity index (χ3v) is 5.60. The first-order valence-corrected chi connectivity index (χ1v) is 9.85. The molecule has 1 aromatic carbocycles. The zero-order valence-electron chi connectivity index (χ0n) is 14.8. The first-order valence-electron chi connectivity index (χ1n) is 8.97. The third-order valence-electron chi connectivity index (χ3n) is 4.76. The van der Waals surface area contributed by atoms with Crippen molar-refractivity contribution in [3.8, 4) is 0 Å². The Morgan fingerprint density at radius 3 is 2.65 bits per heavy atom. The predicted octanol–water partition coefficient (Wildman–Crippen LogP) is 2.31. The Labute approximate surface area is 156 Å². The number of nitrogens with zero attached hydrogens (tertiary/aromatic N) is 3. The van der Waals surface area contributed by atoms with E-state index in [-0.39, 0.29) is 11.8 Å². The van der Waals surface area contributed by atoms with Gasteiger partial charge in [-0.1, -0.05) is 12.1 Å². The van der Waals surface area contributed by atoms with Gasteiger partial charge in [0.05, 0.1) is 0 Å². The molecule has 26 heavy (non-hydrogen) atoms. The highest BCUT2D eigenvalue weighted by atomic mass is 32.1. The molecule has 6 nitrogen and oxygen atoms in total. The van der Waals surface area contributed by atoms with Crippen LogP contribution in [-0.4, -0.2) is 53.9 Å². The summed E-state index contributed by atoms with van der Waals surface area (Å²) in [6.45, 7) is 5.01. The van der Waals surface area contributed by atoms with Crippen molar-refractivity contribution in [3.63, 3.8) is 0 Å². The first kappa shape index (κ1) is 17.0. The first-order chi connectivity index (χ1) is 12.6. The third kappa shape index (κ3) is 3.72. The number of carbonyl (C=O) groups excluding carboxylic acids is 2. The zero-order chi connectivity index (χ0) is 18.1. The normalized spacial score (nSPS) is 17.3. The van der Waals surface area contributed by atoms with E-state index in [2.05, 4.69) is 46.4 Å². The van der Waals surface area contributed by atoms with Crippen LogP contribution in [0.3, 0.4) is 0 Å². The summed E-state index contributed by atoms with van der Waals surface area (Å²) in [6, 6.07) is 8.72. The summed E-state index contributed by atoms with van der Waals surface area (Å²) in [7, 11) is 0.